The first-order valence-corrected chi connectivity index (χ1v) is 6.27. The van der Waals surface area contributed by atoms with Gasteiger partial charge in [0.25, 0.3) is 0 Å². The lowest BCUT2D eigenvalue weighted by Gasteiger charge is -2.22. The summed E-state index contributed by atoms with van der Waals surface area (Å²) in [6.07, 6.45) is 2.26. The molecular weight excluding hydrogens is 231 g/mol. The number of nitrogens with zero attached hydrogens (tertiary/aromatic N) is 1. The van der Waals surface area contributed by atoms with E-state index in [2.05, 4.69) is 5.32 Å². The molecule has 1 unspecified atom stereocenters. The Balaban J connectivity index is 1.84. The highest BCUT2D eigenvalue weighted by Crippen LogP contribution is 2.14. The van der Waals surface area contributed by atoms with Gasteiger partial charge in [0.1, 0.15) is 11.9 Å². The lowest BCUT2D eigenvalue weighted by Crippen LogP contribution is -2.29. The summed E-state index contributed by atoms with van der Waals surface area (Å²) in [4.78, 5) is 0. The van der Waals surface area contributed by atoms with E-state index in [-0.39, 0.29) is 5.56 Å². The van der Waals surface area contributed by atoms with Gasteiger partial charge in [-0.1, -0.05) is 12.1 Å². The van der Waals surface area contributed by atoms with Crippen molar-refractivity contribution >= 4 is 0 Å². The van der Waals surface area contributed by atoms with E-state index in [0.29, 0.717) is 18.0 Å². The third kappa shape index (κ3) is 3.28. The molecule has 3 nitrogen and oxygen atoms in total. The van der Waals surface area contributed by atoms with Crippen LogP contribution in [0.2, 0.25) is 0 Å². The molecule has 0 aromatic heterocycles. The maximum Gasteiger partial charge on any atom is 0.145 e. The third-order valence-electron chi connectivity index (χ3n) is 3.20. The zero-order chi connectivity index (χ0) is 12.8. The standard InChI is InChI=1S/C14H17FN2O/c15-14-12(7-16)4-1-5-13(14)9-17-8-11-3-2-6-18-10-11/h1,4-5,11,17H,2-3,6,8-10H2. The Kier molecular flexibility index (Phi) is 4.68. The molecule has 2 rings (SSSR count). The van der Waals surface area contributed by atoms with E-state index in [1.165, 1.54) is 6.07 Å². The summed E-state index contributed by atoms with van der Waals surface area (Å²) in [5.74, 6) is 0.105. The Morgan fingerprint density at radius 2 is 2.39 bits per heavy atom. The van der Waals surface area contributed by atoms with Crippen LogP contribution in [0.15, 0.2) is 18.2 Å². The van der Waals surface area contributed by atoms with Crippen molar-refractivity contribution in [1.82, 2.24) is 5.32 Å². The highest BCUT2D eigenvalue weighted by Gasteiger charge is 2.13. The van der Waals surface area contributed by atoms with E-state index < -0.39 is 5.82 Å². The van der Waals surface area contributed by atoms with Gasteiger partial charge in [-0.2, -0.15) is 5.26 Å². The predicted molar refractivity (Wildman–Crippen MR) is 66.4 cm³/mol. The fourth-order valence-corrected chi connectivity index (χ4v) is 2.18. The molecule has 0 aliphatic carbocycles. The summed E-state index contributed by atoms with van der Waals surface area (Å²) < 4.78 is 19.1. The van der Waals surface area contributed by atoms with Crippen molar-refractivity contribution in [2.45, 2.75) is 19.4 Å². The number of hydrogen-bond acceptors (Lipinski definition) is 3. The largest absolute Gasteiger partial charge is 0.381 e. The Bertz CT molecular complexity index is 436. The van der Waals surface area contributed by atoms with Gasteiger partial charge >= 0.3 is 0 Å². The first-order chi connectivity index (χ1) is 8.81. The van der Waals surface area contributed by atoms with Crippen molar-refractivity contribution in [2.75, 3.05) is 19.8 Å². The van der Waals surface area contributed by atoms with Crippen LogP contribution in [0.5, 0.6) is 0 Å². The number of rotatable bonds is 4. The van der Waals surface area contributed by atoms with Gasteiger partial charge in [0.05, 0.1) is 12.2 Å². The third-order valence-corrected chi connectivity index (χ3v) is 3.20. The van der Waals surface area contributed by atoms with Crippen LogP contribution < -0.4 is 5.32 Å². The second-order valence-electron chi connectivity index (χ2n) is 4.60. The van der Waals surface area contributed by atoms with Crippen molar-refractivity contribution in [3.63, 3.8) is 0 Å². The monoisotopic (exact) mass is 248 g/mol. The summed E-state index contributed by atoms with van der Waals surface area (Å²) in [6.45, 7) is 2.93. The number of nitrogens with one attached hydrogen (secondary N) is 1. The van der Waals surface area contributed by atoms with Crippen LogP contribution in [0.3, 0.4) is 0 Å². The Morgan fingerprint density at radius 1 is 1.50 bits per heavy atom. The highest BCUT2D eigenvalue weighted by molar-refractivity contribution is 5.34. The van der Waals surface area contributed by atoms with Crippen molar-refractivity contribution in [2.24, 2.45) is 5.92 Å². The minimum atomic E-state index is -0.410. The number of halogens is 1. The minimum absolute atomic E-state index is 0.107. The zero-order valence-electron chi connectivity index (χ0n) is 10.3. The van der Waals surface area contributed by atoms with E-state index in [4.69, 9.17) is 10.00 Å². The van der Waals surface area contributed by atoms with Gasteiger partial charge < -0.3 is 10.1 Å². The van der Waals surface area contributed by atoms with Crippen molar-refractivity contribution in [1.29, 1.82) is 5.26 Å². The topological polar surface area (TPSA) is 45.0 Å². The van der Waals surface area contributed by atoms with Crippen LogP contribution in [0.1, 0.15) is 24.0 Å². The summed E-state index contributed by atoms with van der Waals surface area (Å²) in [5, 5.41) is 12.0. The van der Waals surface area contributed by atoms with Crippen molar-refractivity contribution in [3.8, 4) is 6.07 Å². The average Bonchev–Trinajstić information content (AvgIpc) is 2.42. The maximum absolute atomic E-state index is 13.8. The number of benzene rings is 1. The molecule has 1 atom stereocenters. The van der Waals surface area contributed by atoms with Crippen LogP contribution in [0.25, 0.3) is 0 Å². The highest BCUT2D eigenvalue weighted by atomic mass is 19.1. The molecule has 0 radical (unpaired) electrons. The van der Waals surface area contributed by atoms with Gasteiger partial charge in [0.15, 0.2) is 0 Å². The SMILES string of the molecule is N#Cc1cccc(CNCC2CCCOC2)c1F. The Labute approximate surface area is 107 Å². The molecule has 1 aromatic rings. The van der Waals surface area contributed by atoms with E-state index in [9.17, 15) is 4.39 Å². The molecule has 0 spiro atoms. The fourth-order valence-electron chi connectivity index (χ4n) is 2.18. The fraction of sp³-hybridized carbons (Fsp3) is 0.500. The lowest BCUT2D eigenvalue weighted by molar-refractivity contribution is 0.0547. The molecule has 4 heteroatoms. The molecule has 96 valence electrons. The van der Waals surface area contributed by atoms with Gasteiger partial charge in [-0.25, -0.2) is 4.39 Å². The summed E-state index contributed by atoms with van der Waals surface area (Å²) in [6, 6.07) is 6.77. The van der Waals surface area contributed by atoms with E-state index in [0.717, 1.165) is 32.6 Å². The molecule has 1 heterocycles. The van der Waals surface area contributed by atoms with Crippen molar-refractivity contribution < 1.29 is 9.13 Å². The number of ether oxygens (including phenoxy) is 1. The van der Waals surface area contributed by atoms with Crippen LogP contribution in [0, 0.1) is 23.1 Å². The van der Waals surface area contributed by atoms with Gasteiger partial charge in [-0.3, -0.25) is 0 Å². The molecule has 1 N–H and O–H groups in total. The lowest BCUT2D eigenvalue weighted by atomic mass is 10.0. The number of nitriles is 1. The average molecular weight is 248 g/mol. The molecule has 1 aliphatic rings. The second kappa shape index (κ2) is 6.48. The summed E-state index contributed by atoms with van der Waals surface area (Å²) >= 11 is 0. The molecule has 18 heavy (non-hydrogen) atoms. The Morgan fingerprint density at radius 3 is 3.11 bits per heavy atom. The van der Waals surface area contributed by atoms with Gasteiger partial charge in [0.2, 0.25) is 0 Å². The maximum atomic E-state index is 13.8. The second-order valence-corrected chi connectivity index (χ2v) is 4.60. The summed E-state index contributed by atoms with van der Waals surface area (Å²) in [5.41, 5.74) is 0.654. The molecule has 0 amide bonds. The smallest absolute Gasteiger partial charge is 0.145 e. The van der Waals surface area contributed by atoms with Crippen LogP contribution in [-0.4, -0.2) is 19.8 Å². The predicted octanol–water partition coefficient (Wildman–Crippen LogP) is 2.21. The van der Waals surface area contributed by atoms with Crippen LogP contribution >= 0.6 is 0 Å². The van der Waals surface area contributed by atoms with E-state index in [1.807, 2.05) is 6.07 Å². The number of hydrogen-bond donors (Lipinski definition) is 1. The van der Waals surface area contributed by atoms with E-state index in [1.54, 1.807) is 12.1 Å². The normalized spacial score (nSPS) is 19.4. The molecule has 0 saturated carbocycles. The summed E-state index contributed by atoms with van der Waals surface area (Å²) in [7, 11) is 0. The first-order valence-electron chi connectivity index (χ1n) is 6.27. The van der Waals surface area contributed by atoms with Crippen molar-refractivity contribution in [3.05, 3.63) is 35.1 Å². The molecular formula is C14H17FN2O. The van der Waals surface area contributed by atoms with Crippen LogP contribution in [0.4, 0.5) is 4.39 Å². The minimum Gasteiger partial charge on any atom is -0.381 e. The van der Waals surface area contributed by atoms with Crippen LogP contribution in [-0.2, 0) is 11.3 Å². The molecule has 1 aliphatic heterocycles. The van der Waals surface area contributed by atoms with Gasteiger partial charge in [0, 0.05) is 25.3 Å². The molecule has 1 aromatic carbocycles. The van der Waals surface area contributed by atoms with Gasteiger partial charge in [-0.05, 0) is 24.8 Å². The first kappa shape index (κ1) is 13.0. The van der Waals surface area contributed by atoms with Gasteiger partial charge in [-0.15, -0.1) is 0 Å². The molecule has 1 fully saturated rings. The van der Waals surface area contributed by atoms with E-state index >= 15 is 0 Å². The quantitative estimate of drug-likeness (QED) is 0.888. The Hall–Kier alpha value is -1.44. The zero-order valence-corrected chi connectivity index (χ0v) is 10.3. The molecule has 0 bridgehead atoms. The molecule has 1 saturated heterocycles.